The summed E-state index contributed by atoms with van der Waals surface area (Å²) in [6, 6.07) is 69.0. The molecule has 5 heteroatoms. The normalized spacial score (nSPS) is 15.2. The zero-order valence-electron chi connectivity index (χ0n) is 40.7. The van der Waals surface area contributed by atoms with E-state index >= 15 is 0 Å². The molecule has 70 heavy (non-hydrogen) atoms. The zero-order chi connectivity index (χ0) is 47.2. The van der Waals surface area contributed by atoms with Gasteiger partial charge in [0.25, 0.3) is 0 Å². The van der Waals surface area contributed by atoms with E-state index in [9.17, 15) is 0 Å². The third-order valence-corrected chi connectivity index (χ3v) is 16.8. The lowest BCUT2D eigenvalue weighted by Crippen LogP contribution is -2.60. The van der Waals surface area contributed by atoms with Gasteiger partial charge in [-0.25, -0.2) is 4.98 Å². The van der Waals surface area contributed by atoms with Crippen molar-refractivity contribution in [1.29, 1.82) is 0 Å². The molecule has 0 saturated heterocycles. The maximum Gasteiger partial charge on any atom is 0.333 e. The van der Waals surface area contributed by atoms with E-state index in [1.807, 2.05) is 0 Å². The molecule has 0 radical (unpaired) electrons. The predicted octanol–water partition coefficient (Wildman–Crippen LogP) is 14.9. The molecule has 0 N–H and O–H groups in total. The SMILES string of the molecule is CC(C)(C)c1ccc(N2B3c4cc5nc(-c6ccccc6)n(-c6ccccc6)c5cc4-n4c5cc6c(cc5c5ccc(c3c54)-c3cc4c(cc32)-c2ccccc2C4(C)C)C(C)(C)c2ccccc2-6)cc1. The first-order chi connectivity index (χ1) is 33.9. The molecule has 0 amide bonds. The quantitative estimate of drug-likeness (QED) is 0.165. The molecule has 334 valence electrons. The van der Waals surface area contributed by atoms with Crippen molar-refractivity contribution >= 4 is 62.0 Å². The number of imidazole rings is 1. The summed E-state index contributed by atoms with van der Waals surface area (Å²) in [6.07, 6.45) is 0. The second-order valence-corrected chi connectivity index (χ2v) is 22.4. The summed E-state index contributed by atoms with van der Waals surface area (Å²) in [5.74, 6) is 0.932. The van der Waals surface area contributed by atoms with Crippen molar-refractivity contribution < 1.29 is 0 Å². The highest BCUT2D eigenvalue weighted by atomic mass is 15.1. The molecule has 4 nitrogen and oxygen atoms in total. The molecule has 2 aliphatic carbocycles. The van der Waals surface area contributed by atoms with Crippen molar-refractivity contribution in [2.24, 2.45) is 0 Å². The molecule has 0 spiro atoms. The standard InChI is InChI=1S/C65H51BN4/c1-63(2,3)39-26-28-41(29-27-39)70-57-35-47-43-23-15-17-25-51(43)64(4,5)52(47)32-48(57)44-30-31-45-49-33-53-46(42-22-14-16-24-50(42)65(53,6)7)34-56(49)69-58-37-59-55(36-54(58)66(70)60(44)61(45)69)67-62(38-18-10-8-11-19-38)68(59)40-20-12-9-13-21-40/h8-37H,1-7H3. The molecule has 4 aliphatic rings. The van der Waals surface area contributed by atoms with Crippen molar-refractivity contribution in [2.45, 2.75) is 64.7 Å². The summed E-state index contributed by atoms with van der Waals surface area (Å²) in [5, 5.41) is 2.59. The van der Waals surface area contributed by atoms with E-state index in [1.54, 1.807) is 0 Å². The number of rotatable bonds is 3. The number of para-hydroxylation sites is 1. The summed E-state index contributed by atoms with van der Waals surface area (Å²) in [4.78, 5) is 8.31. The molecule has 11 aromatic rings. The highest BCUT2D eigenvalue weighted by Crippen LogP contribution is 2.56. The van der Waals surface area contributed by atoms with Gasteiger partial charge in [-0.05, 0) is 133 Å². The summed E-state index contributed by atoms with van der Waals surface area (Å²) in [6.45, 7) is 16.4. The molecular weight excluding hydrogens is 848 g/mol. The minimum atomic E-state index is -0.156. The first kappa shape index (κ1) is 40.0. The second-order valence-electron chi connectivity index (χ2n) is 22.4. The Morgan fingerprint density at radius 2 is 1.09 bits per heavy atom. The van der Waals surface area contributed by atoms with Crippen molar-refractivity contribution in [3.8, 4) is 56.1 Å². The summed E-state index contributed by atoms with van der Waals surface area (Å²) in [5.41, 5.74) is 27.5. The average Bonchev–Trinajstić information content (AvgIpc) is 4.05. The van der Waals surface area contributed by atoms with Crippen molar-refractivity contribution in [1.82, 2.24) is 14.1 Å². The predicted molar refractivity (Wildman–Crippen MR) is 294 cm³/mol. The number of benzene rings is 9. The number of anilines is 2. The Labute approximate surface area is 409 Å². The van der Waals surface area contributed by atoms with E-state index in [0.29, 0.717) is 0 Å². The highest BCUT2D eigenvalue weighted by molar-refractivity contribution is 6.93. The number of hydrogen-bond acceptors (Lipinski definition) is 2. The molecule has 0 bridgehead atoms. The Bertz CT molecular complexity index is 4090. The molecular formula is C65H51BN4. The zero-order valence-corrected chi connectivity index (χ0v) is 40.7. The van der Waals surface area contributed by atoms with Crippen molar-refractivity contribution in [3.63, 3.8) is 0 Å². The van der Waals surface area contributed by atoms with Gasteiger partial charge in [-0.2, -0.15) is 0 Å². The first-order valence-corrected chi connectivity index (χ1v) is 25.0. The van der Waals surface area contributed by atoms with Crippen LogP contribution in [0.1, 0.15) is 76.3 Å². The van der Waals surface area contributed by atoms with Crippen molar-refractivity contribution in [2.75, 3.05) is 4.81 Å². The van der Waals surface area contributed by atoms with Gasteiger partial charge in [0.05, 0.1) is 22.1 Å². The summed E-state index contributed by atoms with van der Waals surface area (Å²) >= 11 is 0. The van der Waals surface area contributed by atoms with Crippen LogP contribution in [0, 0.1) is 0 Å². The summed E-state index contributed by atoms with van der Waals surface area (Å²) < 4.78 is 5.02. The molecule has 15 rings (SSSR count). The van der Waals surface area contributed by atoms with E-state index in [4.69, 9.17) is 4.98 Å². The van der Waals surface area contributed by atoms with Crippen LogP contribution >= 0.6 is 0 Å². The molecule has 0 unspecified atom stereocenters. The van der Waals surface area contributed by atoms with Gasteiger partial charge in [-0.15, -0.1) is 0 Å². The molecule has 2 aromatic heterocycles. The number of aromatic nitrogens is 3. The van der Waals surface area contributed by atoms with Crippen LogP contribution < -0.4 is 15.7 Å². The van der Waals surface area contributed by atoms with Gasteiger partial charge in [-0.1, -0.05) is 170 Å². The van der Waals surface area contributed by atoms with E-state index in [1.165, 1.54) is 111 Å². The average molecular weight is 899 g/mol. The Kier molecular flexibility index (Phi) is 7.70. The number of hydrogen-bond donors (Lipinski definition) is 0. The molecule has 0 atom stereocenters. The monoisotopic (exact) mass is 898 g/mol. The Morgan fingerprint density at radius 3 is 1.77 bits per heavy atom. The summed E-state index contributed by atoms with van der Waals surface area (Å²) in [7, 11) is 0. The van der Waals surface area contributed by atoms with Crippen LogP contribution in [0.5, 0.6) is 0 Å². The lowest BCUT2D eigenvalue weighted by Gasteiger charge is -2.42. The van der Waals surface area contributed by atoms with Crippen LogP contribution in [-0.2, 0) is 16.2 Å². The fourth-order valence-corrected chi connectivity index (χ4v) is 13.4. The van der Waals surface area contributed by atoms with Crippen LogP contribution in [0.4, 0.5) is 11.4 Å². The third-order valence-electron chi connectivity index (χ3n) is 16.8. The second kappa shape index (κ2) is 13.5. The third kappa shape index (κ3) is 5.09. The Morgan fingerprint density at radius 1 is 0.457 bits per heavy atom. The van der Waals surface area contributed by atoms with E-state index in [0.717, 1.165) is 28.1 Å². The van der Waals surface area contributed by atoms with Gasteiger partial charge in [0.2, 0.25) is 0 Å². The van der Waals surface area contributed by atoms with E-state index in [2.05, 4.69) is 244 Å². The minimum absolute atomic E-state index is 0.0145. The maximum atomic E-state index is 5.62. The lowest BCUT2D eigenvalue weighted by atomic mass is 9.44. The topological polar surface area (TPSA) is 26.0 Å². The molecule has 4 heterocycles. The fraction of sp³-hybridized carbons (Fsp3) is 0.154. The van der Waals surface area contributed by atoms with Gasteiger partial charge in [-0.3, -0.25) is 4.57 Å². The molecule has 0 saturated carbocycles. The van der Waals surface area contributed by atoms with Crippen molar-refractivity contribution in [3.05, 3.63) is 210 Å². The smallest absolute Gasteiger partial charge is 0.333 e. The fourth-order valence-electron chi connectivity index (χ4n) is 13.4. The Balaban J connectivity index is 1.11. The van der Waals surface area contributed by atoms with Crippen LogP contribution in [0.25, 0.3) is 89.0 Å². The van der Waals surface area contributed by atoms with E-state index in [-0.39, 0.29) is 23.1 Å². The molecule has 9 aromatic carbocycles. The van der Waals surface area contributed by atoms with E-state index < -0.39 is 0 Å². The van der Waals surface area contributed by atoms with Gasteiger partial charge < -0.3 is 9.38 Å². The molecule has 2 aliphatic heterocycles. The van der Waals surface area contributed by atoms with Crippen LogP contribution in [0.3, 0.4) is 0 Å². The maximum absolute atomic E-state index is 5.62. The van der Waals surface area contributed by atoms with Crippen LogP contribution in [0.2, 0.25) is 0 Å². The molecule has 0 fully saturated rings. The van der Waals surface area contributed by atoms with Gasteiger partial charge >= 0.3 is 6.85 Å². The minimum Gasteiger partial charge on any atom is -0.376 e. The largest absolute Gasteiger partial charge is 0.376 e. The van der Waals surface area contributed by atoms with Gasteiger partial charge in [0.1, 0.15) is 5.82 Å². The highest BCUT2D eigenvalue weighted by Gasteiger charge is 2.47. The first-order valence-electron chi connectivity index (χ1n) is 25.0. The van der Waals surface area contributed by atoms with Crippen LogP contribution in [0.15, 0.2) is 182 Å². The van der Waals surface area contributed by atoms with Gasteiger partial charge in [0, 0.05) is 55.5 Å². The number of nitrogens with zero attached hydrogens (tertiary/aromatic N) is 4. The lowest BCUT2D eigenvalue weighted by molar-refractivity contribution is 0.590. The van der Waals surface area contributed by atoms with Gasteiger partial charge in [0.15, 0.2) is 0 Å². The Hall–Kier alpha value is -7.89. The van der Waals surface area contributed by atoms with Crippen LogP contribution in [-0.4, -0.2) is 21.0 Å². The number of fused-ring (bicyclic) bond motifs is 15.